The number of benzene rings is 2. The van der Waals surface area contributed by atoms with Gasteiger partial charge in [0.2, 0.25) is 0 Å². The lowest BCUT2D eigenvalue weighted by Crippen LogP contribution is -2.34. The molecule has 0 aromatic heterocycles. The first-order valence-corrected chi connectivity index (χ1v) is 8.88. The van der Waals surface area contributed by atoms with E-state index in [0.717, 1.165) is 25.7 Å². The number of carbonyl (C=O) groups excluding carboxylic acids is 2. The van der Waals surface area contributed by atoms with E-state index in [-0.39, 0.29) is 23.8 Å². The van der Waals surface area contributed by atoms with Gasteiger partial charge in [-0.15, -0.1) is 0 Å². The number of rotatable bonds is 5. The third kappa shape index (κ3) is 3.53. The van der Waals surface area contributed by atoms with E-state index in [9.17, 15) is 9.59 Å². The van der Waals surface area contributed by atoms with Gasteiger partial charge in [-0.25, -0.2) is 0 Å². The number of fused-ring (bicyclic) bond motifs is 1. The standard InChI is InChI=1S/C20H20N2O5/c21-19(24)14-5-1-2-6-15(14)25-12-18(23)22-13-7-8-16-17(11-13)27-20(26-16)9-3-4-10-20/h1-2,5-8,11H,3-4,9-10,12H2,(H2,21,24)(H,22,23). The third-order valence-electron chi connectivity index (χ3n) is 4.70. The summed E-state index contributed by atoms with van der Waals surface area (Å²) in [5, 5.41) is 2.75. The number of nitrogens with two attached hydrogens (primary N) is 1. The minimum atomic E-state index is -0.609. The number of anilines is 1. The van der Waals surface area contributed by atoms with E-state index < -0.39 is 11.7 Å². The van der Waals surface area contributed by atoms with E-state index in [1.807, 2.05) is 0 Å². The van der Waals surface area contributed by atoms with Crippen LogP contribution in [0.4, 0.5) is 5.69 Å². The molecule has 0 saturated heterocycles. The molecule has 3 N–H and O–H groups in total. The molecule has 0 bridgehead atoms. The second-order valence-electron chi connectivity index (χ2n) is 6.68. The molecule has 27 heavy (non-hydrogen) atoms. The summed E-state index contributed by atoms with van der Waals surface area (Å²) in [4.78, 5) is 23.6. The number of primary amides is 1. The number of hydrogen-bond donors (Lipinski definition) is 2. The molecule has 0 atom stereocenters. The van der Waals surface area contributed by atoms with E-state index in [4.69, 9.17) is 19.9 Å². The Morgan fingerprint density at radius 1 is 1.07 bits per heavy atom. The quantitative estimate of drug-likeness (QED) is 0.845. The third-order valence-corrected chi connectivity index (χ3v) is 4.70. The van der Waals surface area contributed by atoms with Gasteiger partial charge in [-0.2, -0.15) is 0 Å². The van der Waals surface area contributed by atoms with Gasteiger partial charge in [0.05, 0.1) is 5.56 Å². The number of nitrogens with one attached hydrogen (secondary N) is 1. The smallest absolute Gasteiger partial charge is 0.262 e. The Bertz CT molecular complexity index is 890. The lowest BCUT2D eigenvalue weighted by molar-refractivity contribution is -0.118. The summed E-state index contributed by atoms with van der Waals surface area (Å²) in [7, 11) is 0. The van der Waals surface area contributed by atoms with Crippen LogP contribution in [-0.4, -0.2) is 24.2 Å². The van der Waals surface area contributed by atoms with Gasteiger partial charge in [0.15, 0.2) is 18.1 Å². The van der Waals surface area contributed by atoms with Crippen molar-refractivity contribution in [2.24, 2.45) is 5.73 Å². The van der Waals surface area contributed by atoms with Crippen molar-refractivity contribution in [2.75, 3.05) is 11.9 Å². The molecule has 2 aromatic carbocycles. The van der Waals surface area contributed by atoms with Gasteiger partial charge in [-0.3, -0.25) is 9.59 Å². The molecule has 1 fully saturated rings. The van der Waals surface area contributed by atoms with Gasteiger partial charge in [-0.1, -0.05) is 12.1 Å². The highest BCUT2D eigenvalue weighted by molar-refractivity contribution is 5.96. The molecule has 1 aliphatic carbocycles. The lowest BCUT2D eigenvalue weighted by Gasteiger charge is -2.21. The van der Waals surface area contributed by atoms with Crippen LogP contribution in [0.3, 0.4) is 0 Å². The minimum absolute atomic E-state index is 0.232. The summed E-state index contributed by atoms with van der Waals surface area (Å²) in [6, 6.07) is 11.8. The molecule has 7 heteroatoms. The highest BCUT2D eigenvalue weighted by Gasteiger charge is 2.44. The van der Waals surface area contributed by atoms with Crippen molar-refractivity contribution in [3.05, 3.63) is 48.0 Å². The predicted molar refractivity (Wildman–Crippen MR) is 98.0 cm³/mol. The van der Waals surface area contributed by atoms with E-state index in [0.29, 0.717) is 17.2 Å². The molecule has 2 aromatic rings. The van der Waals surface area contributed by atoms with Crippen LogP contribution < -0.4 is 25.3 Å². The van der Waals surface area contributed by atoms with Crippen LogP contribution in [0.2, 0.25) is 0 Å². The van der Waals surface area contributed by atoms with Gasteiger partial charge in [-0.05, 0) is 37.1 Å². The van der Waals surface area contributed by atoms with Gasteiger partial charge >= 0.3 is 0 Å². The normalized spacial score (nSPS) is 16.3. The van der Waals surface area contributed by atoms with Crippen molar-refractivity contribution in [3.63, 3.8) is 0 Å². The molecule has 2 aliphatic rings. The summed E-state index contributed by atoms with van der Waals surface area (Å²) in [6.07, 6.45) is 3.91. The van der Waals surface area contributed by atoms with Gasteiger partial charge in [0.1, 0.15) is 5.75 Å². The first kappa shape index (κ1) is 17.2. The monoisotopic (exact) mass is 368 g/mol. The molecule has 1 aliphatic heterocycles. The zero-order valence-corrected chi connectivity index (χ0v) is 14.7. The summed E-state index contributed by atoms with van der Waals surface area (Å²) in [6.45, 7) is -0.247. The average molecular weight is 368 g/mol. The maximum absolute atomic E-state index is 12.2. The van der Waals surface area contributed by atoms with Crippen LogP contribution in [-0.2, 0) is 4.79 Å². The number of hydrogen-bond acceptors (Lipinski definition) is 5. The van der Waals surface area contributed by atoms with Gasteiger partial charge in [0.25, 0.3) is 17.6 Å². The molecule has 2 amide bonds. The van der Waals surface area contributed by atoms with Crippen LogP contribution in [0.15, 0.2) is 42.5 Å². The van der Waals surface area contributed by atoms with Crippen LogP contribution in [0.5, 0.6) is 17.2 Å². The van der Waals surface area contributed by atoms with E-state index in [2.05, 4.69) is 5.32 Å². The SMILES string of the molecule is NC(=O)c1ccccc1OCC(=O)Nc1ccc2c(c1)OC1(CCCC1)O2. The summed E-state index contributed by atoms with van der Waals surface area (Å²) >= 11 is 0. The molecule has 140 valence electrons. The van der Waals surface area contributed by atoms with E-state index >= 15 is 0 Å². The van der Waals surface area contributed by atoms with Crippen molar-refractivity contribution in [3.8, 4) is 17.2 Å². The van der Waals surface area contributed by atoms with E-state index in [1.165, 1.54) is 0 Å². The molecule has 4 rings (SSSR count). The Labute approximate surface area is 156 Å². The maximum atomic E-state index is 12.2. The first-order chi connectivity index (χ1) is 13.0. The zero-order chi connectivity index (χ0) is 18.9. The fraction of sp³-hybridized carbons (Fsp3) is 0.300. The predicted octanol–water partition coefficient (Wildman–Crippen LogP) is 2.84. The Morgan fingerprint density at radius 3 is 2.59 bits per heavy atom. The average Bonchev–Trinajstić information content (AvgIpc) is 3.25. The number of ether oxygens (including phenoxy) is 3. The second-order valence-corrected chi connectivity index (χ2v) is 6.68. The van der Waals surface area contributed by atoms with Crippen molar-refractivity contribution in [2.45, 2.75) is 31.5 Å². The summed E-state index contributed by atoms with van der Waals surface area (Å²) < 4.78 is 17.4. The van der Waals surface area contributed by atoms with Crippen LogP contribution >= 0.6 is 0 Å². The zero-order valence-electron chi connectivity index (χ0n) is 14.7. The van der Waals surface area contributed by atoms with Gasteiger partial charge in [0, 0.05) is 24.6 Å². The van der Waals surface area contributed by atoms with E-state index in [1.54, 1.807) is 42.5 Å². The highest BCUT2D eigenvalue weighted by Crippen LogP contribution is 2.47. The molecule has 0 radical (unpaired) electrons. The fourth-order valence-corrected chi connectivity index (χ4v) is 3.43. The molecular weight excluding hydrogens is 348 g/mol. The maximum Gasteiger partial charge on any atom is 0.262 e. The largest absolute Gasteiger partial charge is 0.483 e. The summed E-state index contributed by atoms with van der Waals surface area (Å²) in [5.41, 5.74) is 6.12. The Kier molecular flexibility index (Phi) is 4.35. The Balaban J connectivity index is 1.38. The topological polar surface area (TPSA) is 99.9 Å². The van der Waals surface area contributed by atoms with Crippen molar-refractivity contribution < 1.29 is 23.8 Å². The van der Waals surface area contributed by atoms with Crippen LogP contribution in [0.25, 0.3) is 0 Å². The Hall–Kier alpha value is -3.22. The molecule has 0 unspecified atom stereocenters. The number of amides is 2. The Morgan fingerprint density at radius 2 is 1.81 bits per heavy atom. The van der Waals surface area contributed by atoms with Crippen molar-refractivity contribution in [1.82, 2.24) is 0 Å². The summed E-state index contributed by atoms with van der Waals surface area (Å²) in [5.74, 6) is 0.101. The molecule has 1 spiro atoms. The van der Waals surface area contributed by atoms with Crippen molar-refractivity contribution >= 4 is 17.5 Å². The highest BCUT2D eigenvalue weighted by atomic mass is 16.7. The molecular formula is C20H20N2O5. The lowest BCUT2D eigenvalue weighted by atomic mass is 10.2. The number of carbonyl (C=O) groups is 2. The first-order valence-electron chi connectivity index (χ1n) is 8.88. The fourth-order valence-electron chi connectivity index (χ4n) is 3.43. The molecule has 1 heterocycles. The van der Waals surface area contributed by atoms with Gasteiger partial charge < -0.3 is 25.3 Å². The molecule has 1 saturated carbocycles. The second kappa shape index (κ2) is 6.83. The van der Waals surface area contributed by atoms with Crippen LogP contribution in [0.1, 0.15) is 36.0 Å². The minimum Gasteiger partial charge on any atom is -0.483 e. The van der Waals surface area contributed by atoms with Crippen LogP contribution in [0, 0.1) is 0 Å². The molecule has 7 nitrogen and oxygen atoms in total. The van der Waals surface area contributed by atoms with Crippen molar-refractivity contribution in [1.29, 1.82) is 0 Å². The number of para-hydroxylation sites is 1.